The lowest BCUT2D eigenvalue weighted by molar-refractivity contribution is -0.140. The van der Waals surface area contributed by atoms with Gasteiger partial charge in [0.05, 0.1) is 11.1 Å². The smallest absolute Gasteiger partial charge is 0.419 e. The van der Waals surface area contributed by atoms with E-state index >= 15 is 0 Å². The van der Waals surface area contributed by atoms with E-state index < -0.39 is 52.3 Å². The number of carbonyl (C=O) groups is 1. The van der Waals surface area contributed by atoms with Crippen molar-refractivity contribution in [3.8, 4) is 0 Å². The average molecular weight is 383 g/mol. The van der Waals surface area contributed by atoms with Crippen LogP contribution in [0.15, 0.2) is 41.3 Å². The minimum absolute atomic E-state index is 0.0378. The van der Waals surface area contributed by atoms with E-state index in [1.165, 1.54) is 0 Å². The molecule has 0 fully saturated rings. The maximum Gasteiger partial charge on any atom is 0.419 e. The number of halogens is 5. The molecule has 140 valence electrons. The molecule has 1 heterocycles. The summed E-state index contributed by atoms with van der Waals surface area (Å²) in [6.07, 6.45) is -4.62. The first-order chi connectivity index (χ1) is 12.6. The molecule has 0 aliphatic heterocycles. The van der Waals surface area contributed by atoms with Crippen molar-refractivity contribution >= 4 is 16.9 Å². The molecule has 4 nitrogen and oxygen atoms in total. The van der Waals surface area contributed by atoms with E-state index in [4.69, 9.17) is 5.11 Å². The second-order valence-electron chi connectivity index (χ2n) is 5.79. The average Bonchev–Trinajstić information content (AvgIpc) is 2.54. The topological polar surface area (TPSA) is 70.2 Å². The largest absolute Gasteiger partial charge is 0.477 e. The Morgan fingerprint density at radius 1 is 1.11 bits per heavy atom. The van der Waals surface area contributed by atoms with Crippen LogP contribution < -0.4 is 5.43 Å². The number of aromatic amines is 1. The van der Waals surface area contributed by atoms with Gasteiger partial charge >= 0.3 is 12.1 Å². The van der Waals surface area contributed by atoms with Crippen LogP contribution in [0, 0.1) is 11.6 Å². The van der Waals surface area contributed by atoms with Gasteiger partial charge in [-0.2, -0.15) is 13.2 Å². The van der Waals surface area contributed by atoms with Crippen LogP contribution in [-0.2, 0) is 12.6 Å². The minimum Gasteiger partial charge on any atom is -0.477 e. The number of fused-ring (bicyclic) bond motifs is 1. The highest BCUT2D eigenvalue weighted by Crippen LogP contribution is 2.35. The third-order valence-corrected chi connectivity index (χ3v) is 4.01. The summed E-state index contributed by atoms with van der Waals surface area (Å²) in [7, 11) is 0. The van der Waals surface area contributed by atoms with E-state index in [2.05, 4.69) is 4.98 Å². The Bertz CT molecular complexity index is 1120. The van der Waals surface area contributed by atoms with Crippen molar-refractivity contribution in [3.63, 3.8) is 0 Å². The lowest BCUT2D eigenvalue weighted by Gasteiger charge is -2.14. The monoisotopic (exact) mass is 383 g/mol. The number of hydrogen-bond donors (Lipinski definition) is 2. The number of rotatable bonds is 3. The molecule has 3 aromatic rings. The van der Waals surface area contributed by atoms with E-state index in [0.717, 1.165) is 30.5 Å². The van der Waals surface area contributed by atoms with E-state index in [1.54, 1.807) is 0 Å². The Kier molecular flexibility index (Phi) is 4.46. The molecule has 0 aliphatic rings. The number of pyridine rings is 1. The Morgan fingerprint density at radius 3 is 2.44 bits per heavy atom. The summed E-state index contributed by atoms with van der Waals surface area (Å²) < 4.78 is 67.3. The molecule has 2 aromatic carbocycles. The Hall–Kier alpha value is -3.23. The summed E-state index contributed by atoms with van der Waals surface area (Å²) in [4.78, 5) is 25.6. The fourth-order valence-electron chi connectivity index (χ4n) is 2.86. The molecular formula is C18H10F5NO3. The molecule has 0 unspecified atom stereocenters. The number of aromatic nitrogens is 1. The van der Waals surface area contributed by atoms with Crippen LogP contribution in [0.5, 0.6) is 0 Å². The molecule has 0 aliphatic carbocycles. The van der Waals surface area contributed by atoms with Crippen LogP contribution in [-0.4, -0.2) is 16.1 Å². The van der Waals surface area contributed by atoms with Crippen molar-refractivity contribution in [2.24, 2.45) is 0 Å². The summed E-state index contributed by atoms with van der Waals surface area (Å²) in [5.74, 6) is -3.94. The summed E-state index contributed by atoms with van der Waals surface area (Å²) in [6.45, 7) is 0. The molecule has 0 saturated heterocycles. The van der Waals surface area contributed by atoms with Crippen molar-refractivity contribution in [3.05, 3.63) is 80.6 Å². The van der Waals surface area contributed by atoms with Crippen molar-refractivity contribution in [2.75, 3.05) is 0 Å². The van der Waals surface area contributed by atoms with Crippen LogP contribution in [0.25, 0.3) is 10.9 Å². The predicted octanol–water partition coefficient (Wildman–Crippen LogP) is 4.11. The number of carboxylic acids is 1. The fraction of sp³-hybridized carbons (Fsp3) is 0.111. The van der Waals surface area contributed by atoms with Crippen LogP contribution in [0.2, 0.25) is 0 Å². The van der Waals surface area contributed by atoms with E-state index in [9.17, 15) is 31.5 Å². The molecule has 27 heavy (non-hydrogen) atoms. The lowest BCUT2D eigenvalue weighted by atomic mass is 9.97. The number of H-pyrrole nitrogens is 1. The third kappa shape index (κ3) is 3.40. The van der Waals surface area contributed by atoms with Gasteiger partial charge in [0.2, 0.25) is 5.43 Å². The molecule has 0 amide bonds. The SMILES string of the molecule is O=C(O)c1c[nH]c2c(F)cc(Cc3cccc(F)c3C(F)(F)F)cc2c1=O. The second kappa shape index (κ2) is 6.49. The molecule has 2 N–H and O–H groups in total. The zero-order valence-electron chi connectivity index (χ0n) is 13.3. The lowest BCUT2D eigenvalue weighted by Crippen LogP contribution is -2.16. The Balaban J connectivity index is 2.18. The molecule has 3 rings (SSSR count). The van der Waals surface area contributed by atoms with Gasteiger partial charge < -0.3 is 10.1 Å². The number of alkyl halides is 3. The quantitative estimate of drug-likeness (QED) is 0.669. The van der Waals surface area contributed by atoms with Gasteiger partial charge in [0, 0.05) is 11.6 Å². The van der Waals surface area contributed by atoms with Gasteiger partial charge in [0.15, 0.2) is 0 Å². The Morgan fingerprint density at radius 2 is 1.81 bits per heavy atom. The standard InChI is InChI=1S/C18H10F5NO3/c19-12-3-1-2-9(14(12)18(21,22)23)4-8-5-10-15(13(20)6-8)24-7-11(16(10)25)17(26)27/h1-3,5-7H,4H2,(H,24,25)(H,26,27). The first kappa shape index (κ1) is 18.6. The van der Waals surface area contributed by atoms with Crippen LogP contribution in [0.1, 0.15) is 27.0 Å². The van der Waals surface area contributed by atoms with E-state index in [-0.39, 0.29) is 16.5 Å². The van der Waals surface area contributed by atoms with Crippen molar-refractivity contribution < 1.29 is 31.9 Å². The number of benzene rings is 2. The summed E-state index contributed by atoms with van der Waals surface area (Å²) in [5.41, 5.74) is -3.84. The van der Waals surface area contributed by atoms with Gasteiger partial charge in [-0.1, -0.05) is 12.1 Å². The van der Waals surface area contributed by atoms with Crippen molar-refractivity contribution in [1.29, 1.82) is 0 Å². The maximum atomic E-state index is 14.3. The van der Waals surface area contributed by atoms with Gasteiger partial charge in [-0.25, -0.2) is 13.6 Å². The highest BCUT2D eigenvalue weighted by molar-refractivity contribution is 5.92. The van der Waals surface area contributed by atoms with E-state index in [0.29, 0.717) is 6.07 Å². The van der Waals surface area contributed by atoms with Gasteiger partial charge in [-0.15, -0.1) is 0 Å². The first-order valence-corrected chi connectivity index (χ1v) is 7.51. The normalized spacial score (nSPS) is 11.7. The third-order valence-electron chi connectivity index (χ3n) is 4.01. The van der Waals surface area contributed by atoms with Gasteiger partial charge in [0.1, 0.15) is 17.2 Å². The molecule has 0 saturated carbocycles. The van der Waals surface area contributed by atoms with Crippen LogP contribution >= 0.6 is 0 Å². The molecular weight excluding hydrogens is 373 g/mol. The van der Waals surface area contributed by atoms with Crippen molar-refractivity contribution in [1.82, 2.24) is 4.98 Å². The molecule has 9 heteroatoms. The molecule has 0 atom stereocenters. The number of hydrogen-bond acceptors (Lipinski definition) is 2. The fourth-order valence-corrected chi connectivity index (χ4v) is 2.86. The van der Waals surface area contributed by atoms with Crippen molar-refractivity contribution in [2.45, 2.75) is 12.6 Å². The second-order valence-corrected chi connectivity index (χ2v) is 5.79. The minimum atomic E-state index is -4.95. The predicted molar refractivity (Wildman–Crippen MR) is 85.7 cm³/mol. The number of nitrogens with one attached hydrogen (secondary N) is 1. The van der Waals surface area contributed by atoms with Gasteiger partial charge in [0.25, 0.3) is 0 Å². The molecule has 0 radical (unpaired) electrons. The highest BCUT2D eigenvalue weighted by atomic mass is 19.4. The molecule has 0 spiro atoms. The zero-order chi connectivity index (χ0) is 19.9. The van der Waals surface area contributed by atoms with Crippen LogP contribution in [0.4, 0.5) is 22.0 Å². The van der Waals surface area contributed by atoms with Gasteiger partial charge in [-0.05, 0) is 35.7 Å². The summed E-state index contributed by atoms with van der Waals surface area (Å²) >= 11 is 0. The highest BCUT2D eigenvalue weighted by Gasteiger charge is 2.36. The maximum absolute atomic E-state index is 14.3. The molecule has 1 aromatic heterocycles. The molecule has 0 bridgehead atoms. The first-order valence-electron chi connectivity index (χ1n) is 7.51. The Labute approximate surface area is 147 Å². The summed E-state index contributed by atoms with van der Waals surface area (Å²) in [6, 6.07) is 4.80. The summed E-state index contributed by atoms with van der Waals surface area (Å²) in [5, 5.41) is 8.65. The van der Waals surface area contributed by atoms with E-state index in [1.807, 2.05) is 0 Å². The van der Waals surface area contributed by atoms with Crippen LogP contribution in [0.3, 0.4) is 0 Å². The number of carboxylic acid groups (broad SMARTS) is 1. The zero-order valence-corrected chi connectivity index (χ0v) is 13.3. The number of aromatic carboxylic acids is 1. The van der Waals surface area contributed by atoms with Gasteiger partial charge in [-0.3, -0.25) is 4.79 Å².